The first kappa shape index (κ1) is 25.4. The minimum Gasteiger partial charge on any atom is -0.469 e. The standard InChI is InChI=1S/C25H42O2/c1-5-6-17-20-23(2)21-18-15-13-11-9-7-8-10-12-14-16-19-22-24(3)25(26)27-4/h8-11,14-16,18,23-24H,5-7,12-13,17,19-22H2,1-4H3/b10-8-,11-9-,16-14-,18-15-. The summed E-state index contributed by atoms with van der Waals surface area (Å²) in [4.78, 5) is 11.3. The van der Waals surface area contributed by atoms with Crippen LogP contribution in [0.15, 0.2) is 48.6 Å². The van der Waals surface area contributed by atoms with Crippen molar-refractivity contribution in [3.05, 3.63) is 48.6 Å². The van der Waals surface area contributed by atoms with E-state index in [0.29, 0.717) is 0 Å². The molecule has 0 amide bonds. The van der Waals surface area contributed by atoms with Gasteiger partial charge in [0, 0.05) is 0 Å². The molecule has 0 aliphatic heterocycles. The molecule has 0 fully saturated rings. The van der Waals surface area contributed by atoms with Gasteiger partial charge in [0.2, 0.25) is 0 Å². The van der Waals surface area contributed by atoms with E-state index in [1.165, 1.54) is 39.2 Å². The van der Waals surface area contributed by atoms with Crippen LogP contribution >= 0.6 is 0 Å². The van der Waals surface area contributed by atoms with E-state index in [4.69, 9.17) is 4.74 Å². The number of hydrogen-bond donors (Lipinski definition) is 0. The van der Waals surface area contributed by atoms with E-state index in [0.717, 1.165) is 38.0 Å². The Morgan fingerprint density at radius 3 is 1.93 bits per heavy atom. The largest absolute Gasteiger partial charge is 0.469 e. The first-order valence-electron chi connectivity index (χ1n) is 10.8. The van der Waals surface area contributed by atoms with E-state index in [2.05, 4.69) is 62.5 Å². The molecule has 0 radical (unpaired) electrons. The number of ether oxygens (including phenoxy) is 1. The van der Waals surface area contributed by atoms with Crippen molar-refractivity contribution in [1.29, 1.82) is 0 Å². The van der Waals surface area contributed by atoms with Gasteiger partial charge in [0.1, 0.15) is 0 Å². The maximum Gasteiger partial charge on any atom is 0.308 e. The Kier molecular flexibility index (Phi) is 18.1. The van der Waals surface area contributed by atoms with Crippen LogP contribution in [-0.2, 0) is 9.53 Å². The molecule has 2 heteroatoms. The van der Waals surface area contributed by atoms with Gasteiger partial charge in [-0.1, -0.05) is 95.1 Å². The highest BCUT2D eigenvalue weighted by atomic mass is 16.5. The van der Waals surface area contributed by atoms with E-state index < -0.39 is 0 Å². The minimum absolute atomic E-state index is 0.0151. The summed E-state index contributed by atoms with van der Waals surface area (Å²) < 4.78 is 4.72. The topological polar surface area (TPSA) is 26.3 Å². The molecule has 0 bridgehead atoms. The number of carbonyl (C=O) groups excluding carboxylic acids is 1. The van der Waals surface area contributed by atoms with E-state index in [9.17, 15) is 4.79 Å². The van der Waals surface area contributed by atoms with Gasteiger partial charge in [-0.05, 0) is 44.4 Å². The molecule has 0 aliphatic rings. The van der Waals surface area contributed by atoms with E-state index in [-0.39, 0.29) is 11.9 Å². The van der Waals surface area contributed by atoms with Gasteiger partial charge in [0.25, 0.3) is 0 Å². The van der Waals surface area contributed by atoms with Crippen LogP contribution in [0.4, 0.5) is 0 Å². The average molecular weight is 375 g/mol. The summed E-state index contributed by atoms with van der Waals surface area (Å²) in [7, 11) is 1.44. The molecule has 0 aromatic carbocycles. The molecule has 2 nitrogen and oxygen atoms in total. The van der Waals surface area contributed by atoms with Gasteiger partial charge in [-0.15, -0.1) is 0 Å². The van der Waals surface area contributed by atoms with Gasteiger partial charge in [0.05, 0.1) is 13.0 Å². The molecule has 0 saturated carbocycles. The lowest BCUT2D eigenvalue weighted by atomic mass is 10.00. The van der Waals surface area contributed by atoms with E-state index in [1.807, 2.05) is 6.92 Å². The molecular weight excluding hydrogens is 332 g/mol. The van der Waals surface area contributed by atoms with Crippen molar-refractivity contribution in [1.82, 2.24) is 0 Å². The molecule has 27 heavy (non-hydrogen) atoms. The summed E-state index contributed by atoms with van der Waals surface area (Å²) in [6.07, 6.45) is 29.2. The van der Waals surface area contributed by atoms with Crippen LogP contribution in [0.3, 0.4) is 0 Å². The second kappa shape index (κ2) is 19.2. The highest BCUT2D eigenvalue weighted by molar-refractivity contribution is 5.71. The number of hydrogen-bond acceptors (Lipinski definition) is 2. The van der Waals surface area contributed by atoms with Crippen LogP contribution in [0.5, 0.6) is 0 Å². The number of unbranched alkanes of at least 4 members (excludes halogenated alkanes) is 2. The molecule has 154 valence electrons. The highest BCUT2D eigenvalue weighted by Gasteiger charge is 2.10. The lowest BCUT2D eigenvalue weighted by molar-refractivity contribution is -0.144. The summed E-state index contributed by atoms with van der Waals surface area (Å²) in [5.41, 5.74) is 0. The summed E-state index contributed by atoms with van der Waals surface area (Å²) >= 11 is 0. The number of methoxy groups -OCH3 is 1. The third kappa shape index (κ3) is 17.6. The lowest BCUT2D eigenvalue weighted by Crippen LogP contribution is -2.11. The summed E-state index contributed by atoms with van der Waals surface area (Å²) in [5.74, 6) is 0.682. The summed E-state index contributed by atoms with van der Waals surface area (Å²) in [5, 5.41) is 0. The van der Waals surface area contributed by atoms with Crippen molar-refractivity contribution in [2.24, 2.45) is 11.8 Å². The second-order valence-corrected chi connectivity index (χ2v) is 7.43. The molecule has 0 heterocycles. The normalized spacial score (nSPS) is 14.7. The third-order valence-electron chi connectivity index (χ3n) is 4.69. The molecule has 2 atom stereocenters. The fourth-order valence-corrected chi connectivity index (χ4v) is 2.79. The van der Waals surface area contributed by atoms with Crippen LogP contribution in [0.25, 0.3) is 0 Å². The Morgan fingerprint density at radius 1 is 0.815 bits per heavy atom. The van der Waals surface area contributed by atoms with Crippen molar-refractivity contribution >= 4 is 5.97 Å². The third-order valence-corrected chi connectivity index (χ3v) is 4.69. The zero-order chi connectivity index (χ0) is 20.2. The SMILES string of the molecule is CCCCCC(C)C/C=C\C/C=C\C/C=C\C/C=C\CCC(C)C(=O)OC. The number of allylic oxidation sites excluding steroid dienone is 8. The smallest absolute Gasteiger partial charge is 0.308 e. The zero-order valence-electron chi connectivity index (χ0n) is 18.2. The maximum atomic E-state index is 11.3. The van der Waals surface area contributed by atoms with Crippen molar-refractivity contribution < 1.29 is 9.53 Å². The molecule has 0 aromatic rings. The maximum absolute atomic E-state index is 11.3. The molecule has 0 aliphatic carbocycles. The number of carbonyl (C=O) groups is 1. The quantitative estimate of drug-likeness (QED) is 0.158. The van der Waals surface area contributed by atoms with Gasteiger partial charge < -0.3 is 4.74 Å². The lowest BCUT2D eigenvalue weighted by Gasteiger charge is -2.06. The van der Waals surface area contributed by atoms with Crippen molar-refractivity contribution in [3.63, 3.8) is 0 Å². The first-order valence-corrected chi connectivity index (χ1v) is 10.8. The fourth-order valence-electron chi connectivity index (χ4n) is 2.79. The number of rotatable bonds is 16. The molecule has 2 unspecified atom stereocenters. The van der Waals surface area contributed by atoms with Gasteiger partial charge in [-0.3, -0.25) is 4.79 Å². The Bertz CT molecular complexity index is 457. The van der Waals surface area contributed by atoms with Crippen LogP contribution in [0.2, 0.25) is 0 Å². The van der Waals surface area contributed by atoms with Crippen molar-refractivity contribution in [2.45, 2.75) is 85.0 Å². The van der Waals surface area contributed by atoms with Gasteiger partial charge in [-0.2, -0.15) is 0 Å². The molecular formula is C25H42O2. The van der Waals surface area contributed by atoms with Gasteiger partial charge in [-0.25, -0.2) is 0 Å². The zero-order valence-corrected chi connectivity index (χ0v) is 18.2. The summed E-state index contributed by atoms with van der Waals surface area (Å²) in [6, 6.07) is 0. The molecule has 0 N–H and O–H groups in total. The second-order valence-electron chi connectivity index (χ2n) is 7.43. The first-order chi connectivity index (χ1) is 13.1. The predicted molar refractivity (Wildman–Crippen MR) is 119 cm³/mol. The Morgan fingerprint density at radius 2 is 1.37 bits per heavy atom. The van der Waals surface area contributed by atoms with E-state index in [1.54, 1.807) is 0 Å². The van der Waals surface area contributed by atoms with Crippen LogP contribution in [0, 0.1) is 11.8 Å². The molecule has 0 saturated heterocycles. The highest BCUT2D eigenvalue weighted by Crippen LogP contribution is 2.13. The number of esters is 1. The van der Waals surface area contributed by atoms with Crippen LogP contribution in [0.1, 0.15) is 85.0 Å². The average Bonchev–Trinajstić information content (AvgIpc) is 2.67. The van der Waals surface area contributed by atoms with Crippen molar-refractivity contribution in [3.8, 4) is 0 Å². The van der Waals surface area contributed by atoms with E-state index >= 15 is 0 Å². The van der Waals surface area contributed by atoms with Crippen molar-refractivity contribution in [2.75, 3.05) is 7.11 Å². The molecule has 0 rings (SSSR count). The monoisotopic (exact) mass is 374 g/mol. The summed E-state index contributed by atoms with van der Waals surface area (Å²) in [6.45, 7) is 6.53. The van der Waals surface area contributed by atoms with Gasteiger partial charge in [0.15, 0.2) is 0 Å². The fraction of sp³-hybridized carbons (Fsp3) is 0.640. The Balaban J connectivity index is 3.61. The predicted octanol–water partition coefficient (Wildman–Crippen LogP) is 7.58. The minimum atomic E-state index is -0.119. The van der Waals surface area contributed by atoms with Crippen LogP contribution < -0.4 is 0 Å². The van der Waals surface area contributed by atoms with Gasteiger partial charge >= 0.3 is 5.97 Å². The Hall–Kier alpha value is -1.57. The molecule has 0 spiro atoms. The Labute approximate surface area is 168 Å². The molecule has 0 aromatic heterocycles. The van der Waals surface area contributed by atoms with Crippen LogP contribution in [-0.4, -0.2) is 13.1 Å².